The Morgan fingerprint density at radius 2 is 2.00 bits per heavy atom. The summed E-state index contributed by atoms with van der Waals surface area (Å²) in [5.74, 6) is 0.843. The maximum atomic E-state index is 12.1. The fourth-order valence-electron chi connectivity index (χ4n) is 2.53. The van der Waals surface area contributed by atoms with Crippen LogP contribution in [0.4, 0.5) is 5.69 Å². The van der Waals surface area contributed by atoms with Gasteiger partial charge in [-0.2, -0.15) is 0 Å². The number of hydrogen-bond acceptors (Lipinski definition) is 4. The van der Waals surface area contributed by atoms with Gasteiger partial charge in [-0.25, -0.2) is 0 Å². The fourth-order valence-corrected chi connectivity index (χ4v) is 2.70. The first-order valence-electron chi connectivity index (χ1n) is 8.00. The largest absolute Gasteiger partial charge is 0.495 e. The van der Waals surface area contributed by atoms with Crippen LogP contribution in [0.25, 0.3) is 0 Å². The summed E-state index contributed by atoms with van der Waals surface area (Å²) in [7, 11) is 3.26. The molecule has 24 heavy (non-hydrogen) atoms. The van der Waals surface area contributed by atoms with E-state index >= 15 is 0 Å². The van der Waals surface area contributed by atoms with Crippen molar-refractivity contribution in [3.05, 3.63) is 23.2 Å². The number of rotatable bonds is 8. The summed E-state index contributed by atoms with van der Waals surface area (Å²) in [6.45, 7) is 2.30. The van der Waals surface area contributed by atoms with Gasteiger partial charge in [0.15, 0.2) is 0 Å². The topological polar surface area (TPSA) is 70.7 Å². The monoisotopic (exact) mass is 353 g/mol. The third kappa shape index (κ3) is 5.69. The number of benzene rings is 1. The van der Waals surface area contributed by atoms with Crippen LogP contribution >= 0.6 is 11.6 Å². The van der Waals surface area contributed by atoms with Crippen LogP contribution in [0.5, 0.6) is 5.75 Å². The number of amides is 2. The minimum atomic E-state index is -0.235. The van der Waals surface area contributed by atoms with Gasteiger partial charge in [0.25, 0.3) is 0 Å². The Morgan fingerprint density at radius 1 is 1.33 bits per heavy atom. The van der Waals surface area contributed by atoms with Crippen molar-refractivity contribution in [1.29, 1.82) is 0 Å². The zero-order chi connectivity index (χ0) is 17.7. The number of ether oxygens (including phenoxy) is 1. The molecule has 0 spiro atoms. The van der Waals surface area contributed by atoms with E-state index in [0.29, 0.717) is 22.4 Å². The molecule has 1 aromatic carbocycles. The Bertz CT molecular complexity index is 605. The second-order valence-corrected chi connectivity index (χ2v) is 6.70. The van der Waals surface area contributed by atoms with Crippen LogP contribution in [0.3, 0.4) is 0 Å². The molecule has 132 valence electrons. The maximum absolute atomic E-state index is 12.1. The van der Waals surface area contributed by atoms with Crippen LogP contribution in [0.1, 0.15) is 19.8 Å². The first kappa shape index (κ1) is 18.5. The normalized spacial score (nSPS) is 15.0. The zero-order valence-corrected chi connectivity index (χ0v) is 15.0. The summed E-state index contributed by atoms with van der Waals surface area (Å²) in [6, 6.07) is 5.21. The average molecular weight is 354 g/mol. The average Bonchev–Trinajstić information content (AvgIpc) is 3.31. The lowest BCUT2D eigenvalue weighted by atomic mass is 10.2. The highest BCUT2D eigenvalue weighted by molar-refractivity contribution is 6.31. The molecule has 7 heteroatoms. The van der Waals surface area contributed by atoms with Gasteiger partial charge in [0.05, 0.1) is 25.9 Å². The van der Waals surface area contributed by atoms with Gasteiger partial charge < -0.3 is 15.4 Å². The van der Waals surface area contributed by atoms with Crippen LogP contribution in [0, 0.1) is 5.92 Å². The van der Waals surface area contributed by atoms with E-state index in [9.17, 15) is 9.59 Å². The van der Waals surface area contributed by atoms with Crippen LogP contribution in [0.2, 0.25) is 5.02 Å². The highest BCUT2D eigenvalue weighted by Gasteiger charge is 2.29. The smallest absolute Gasteiger partial charge is 0.238 e. The summed E-state index contributed by atoms with van der Waals surface area (Å²) >= 11 is 5.94. The lowest BCUT2D eigenvalue weighted by Crippen LogP contribution is -2.42. The van der Waals surface area contributed by atoms with Crippen molar-refractivity contribution in [2.24, 2.45) is 5.92 Å². The number of nitrogens with zero attached hydrogens (tertiary/aromatic N) is 1. The Balaban J connectivity index is 1.80. The molecule has 0 saturated heterocycles. The molecule has 1 saturated carbocycles. The Hall–Kier alpha value is -1.79. The first-order chi connectivity index (χ1) is 11.4. The molecule has 1 aromatic rings. The number of carbonyl (C=O) groups excluding carboxylic acids is 2. The highest BCUT2D eigenvalue weighted by Crippen LogP contribution is 2.32. The predicted molar refractivity (Wildman–Crippen MR) is 94.5 cm³/mol. The van der Waals surface area contributed by atoms with E-state index in [-0.39, 0.29) is 30.9 Å². The number of nitrogens with one attached hydrogen (secondary N) is 2. The Labute approximate surface area is 147 Å². The molecule has 0 heterocycles. The predicted octanol–water partition coefficient (Wildman–Crippen LogP) is 2.13. The van der Waals surface area contributed by atoms with E-state index in [1.165, 1.54) is 20.0 Å². The van der Waals surface area contributed by atoms with E-state index in [0.717, 1.165) is 0 Å². The van der Waals surface area contributed by atoms with Gasteiger partial charge in [0.2, 0.25) is 11.8 Å². The van der Waals surface area contributed by atoms with Gasteiger partial charge in [-0.05, 0) is 50.9 Å². The summed E-state index contributed by atoms with van der Waals surface area (Å²) in [5, 5.41) is 6.23. The van der Waals surface area contributed by atoms with Crippen molar-refractivity contribution in [2.45, 2.75) is 25.8 Å². The molecular weight excluding hydrogens is 330 g/mol. The molecule has 2 rings (SSSR count). The van der Waals surface area contributed by atoms with Gasteiger partial charge >= 0.3 is 0 Å². The minimum Gasteiger partial charge on any atom is -0.495 e. The van der Waals surface area contributed by atoms with E-state index < -0.39 is 0 Å². The quantitative estimate of drug-likeness (QED) is 0.751. The van der Waals surface area contributed by atoms with Crippen molar-refractivity contribution in [1.82, 2.24) is 10.2 Å². The SMILES string of the molecule is COc1ccc(Cl)cc1NC(=O)CN(C)CC(=O)N[C@H](C)C1CC1. The second-order valence-electron chi connectivity index (χ2n) is 6.26. The van der Waals surface area contributed by atoms with Crippen LogP contribution in [-0.2, 0) is 9.59 Å². The van der Waals surface area contributed by atoms with Gasteiger partial charge in [0.1, 0.15) is 5.75 Å². The van der Waals surface area contributed by atoms with E-state index in [1.54, 1.807) is 30.1 Å². The molecule has 1 aliphatic carbocycles. The zero-order valence-electron chi connectivity index (χ0n) is 14.3. The molecule has 1 aliphatic rings. The van der Waals surface area contributed by atoms with Crippen LogP contribution in [-0.4, -0.2) is 50.0 Å². The lowest BCUT2D eigenvalue weighted by Gasteiger charge is -2.19. The Morgan fingerprint density at radius 3 is 2.62 bits per heavy atom. The lowest BCUT2D eigenvalue weighted by molar-refractivity contribution is -0.123. The molecule has 6 nitrogen and oxygen atoms in total. The maximum Gasteiger partial charge on any atom is 0.238 e. The van der Waals surface area contributed by atoms with E-state index in [1.807, 2.05) is 6.92 Å². The molecule has 0 bridgehead atoms. The summed E-state index contributed by atoms with van der Waals surface area (Å²) in [4.78, 5) is 25.8. The van der Waals surface area contributed by atoms with Gasteiger partial charge in [-0.3, -0.25) is 14.5 Å². The molecule has 2 amide bonds. The van der Waals surface area contributed by atoms with Gasteiger partial charge in [0, 0.05) is 11.1 Å². The van der Waals surface area contributed by atoms with E-state index in [4.69, 9.17) is 16.3 Å². The third-order valence-electron chi connectivity index (χ3n) is 3.98. The fraction of sp³-hybridized carbons (Fsp3) is 0.529. The Kier molecular flexibility index (Phi) is 6.45. The standard InChI is InChI=1S/C17H24ClN3O3/c1-11(12-4-5-12)19-16(22)9-21(2)10-17(23)20-14-8-13(18)6-7-15(14)24-3/h6-8,11-12H,4-5,9-10H2,1-3H3,(H,19,22)(H,20,23)/t11-/m1/s1. The second kappa shape index (κ2) is 8.35. The molecule has 2 N–H and O–H groups in total. The first-order valence-corrected chi connectivity index (χ1v) is 8.38. The molecular formula is C17H24ClN3O3. The number of likely N-dealkylation sites (N-methyl/N-ethyl adjacent to an activating group) is 1. The third-order valence-corrected chi connectivity index (χ3v) is 4.22. The number of hydrogen-bond donors (Lipinski definition) is 2. The number of carbonyl (C=O) groups is 2. The van der Waals surface area contributed by atoms with Crippen molar-refractivity contribution >= 4 is 29.1 Å². The number of anilines is 1. The van der Waals surface area contributed by atoms with Crippen LogP contribution in [0.15, 0.2) is 18.2 Å². The van der Waals surface area contributed by atoms with Crippen molar-refractivity contribution in [2.75, 3.05) is 32.6 Å². The molecule has 0 aliphatic heterocycles. The summed E-state index contributed by atoms with van der Waals surface area (Å²) < 4.78 is 5.19. The molecule has 0 radical (unpaired) electrons. The van der Waals surface area contributed by atoms with Gasteiger partial charge in [-0.1, -0.05) is 11.6 Å². The van der Waals surface area contributed by atoms with Crippen LogP contribution < -0.4 is 15.4 Å². The van der Waals surface area contributed by atoms with E-state index in [2.05, 4.69) is 10.6 Å². The van der Waals surface area contributed by atoms with Crippen molar-refractivity contribution in [3.63, 3.8) is 0 Å². The number of halogens is 1. The van der Waals surface area contributed by atoms with Crippen molar-refractivity contribution < 1.29 is 14.3 Å². The molecule has 0 unspecified atom stereocenters. The molecule has 1 fully saturated rings. The van der Waals surface area contributed by atoms with Gasteiger partial charge in [-0.15, -0.1) is 0 Å². The molecule has 1 atom stereocenters. The number of methoxy groups -OCH3 is 1. The molecule has 0 aromatic heterocycles. The highest BCUT2D eigenvalue weighted by atomic mass is 35.5. The van der Waals surface area contributed by atoms with Crippen molar-refractivity contribution in [3.8, 4) is 5.75 Å². The minimum absolute atomic E-state index is 0.0648. The summed E-state index contributed by atoms with van der Waals surface area (Å²) in [5.41, 5.74) is 0.509. The summed E-state index contributed by atoms with van der Waals surface area (Å²) in [6.07, 6.45) is 2.36.